The van der Waals surface area contributed by atoms with Gasteiger partial charge in [0.1, 0.15) is 0 Å². The molecule has 2 aliphatic carbocycles. The van der Waals surface area contributed by atoms with Gasteiger partial charge < -0.3 is 0 Å². The van der Waals surface area contributed by atoms with Crippen molar-refractivity contribution in [2.45, 2.75) is 62.4 Å². The Bertz CT molecular complexity index is 1380. The Morgan fingerprint density at radius 2 is 1.76 bits per heavy atom. The quantitative estimate of drug-likeness (QED) is 0.281. The van der Waals surface area contributed by atoms with Crippen molar-refractivity contribution in [3.63, 3.8) is 0 Å². The molecule has 168 valence electrons. The Morgan fingerprint density at radius 1 is 1.00 bits per heavy atom. The first-order valence-corrected chi connectivity index (χ1v) is 13.0. The molecule has 2 aromatic carbocycles. The second-order valence-corrected chi connectivity index (χ2v) is 10.4. The average molecular weight is 457 g/mol. The number of hydrogen-bond donors (Lipinski definition) is 0. The van der Waals surface area contributed by atoms with Crippen LogP contribution in [-0.4, -0.2) is 24.9 Å². The summed E-state index contributed by atoms with van der Waals surface area (Å²) in [4.78, 5) is 14.3. The molecule has 4 aromatic rings. The largest absolute Gasteiger partial charge is 0.268 e. The first-order chi connectivity index (χ1) is 16.2. The van der Waals surface area contributed by atoms with Gasteiger partial charge in [-0.15, -0.1) is 10.2 Å². The molecule has 0 radical (unpaired) electrons. The number of thioether (sulfide) groups is 1. The van der Waals surface area contributed by atoms with Gasteiger partial charge in [0.25, 0.3) is 5.56 Å². The molecule has 2 heterocycles. The van der Waals surface area contributed by atoms with Crippen molar-refractivity contribution in [1.82, 2.24) is 19.2 Å². The molecule has 0 bridgehead atoms. The summed E-state index contributed by atoms with van der Waals surface area (Å²) in [6.45, 7) is 2.21. The Kier molecular flexibility index (Phi) is 5.13. The predicted octanol–water partition coefficient (Wildman–Crippen LogP) is 5.81. The number of aromatic nitrogens is 4. The molecule has 0 N–H and O–H groups in total. The molecule has 2 aliphatic rings. The molecule has 0 aliphatic heterocycles. The Balaban J connectivity index is 1.74. The molecule has 1 spiro atoms. The van der Waals surface area contributed by atoms with Gasteiger partial charge in [-0.05, 0) is 43.4 Å². The van der Waals surface area contributed by atoms with Gasteiger partial charge in [0, 0.05) is 22.3 Å². The highest BCUT2D eigenvalue weighted by molar-refractivity contribution is 7.99. The Hall–Kier alpha value is -2.86. The van der Waals surface area contributed by atoms with Crippen LogP contribution in [0.15, 0.2) is 64.5 Å². The van der Waals surface area contributed by atoms with Crippen LogP contribution in [0, 0.1) is 0 Å². The van der Waals surface area contributed by atoms with Gasteiger partial charge in [-0.3, -0.25) is 9.20 Å². The number of para-hydroxylation sites is 1. The predicted molar refractivity (Wildman–Crippen MR) is 134 cm³/mol. The van der Waals surface area contributed by atoms with E-state index in [0.717, 1.165) is 65.5 Å². The topological polar surface area (TPSA) is 52.2 Å². The van der Waals surface area contributed by atoms with E-state index in [0.29, 0.717) is 5.78 Å². The summed E-state index contributed by atoms with van der Waals surface area (Å²) in [5.74, 6) is 1.59. The summed E-state index contributed by atoms with van der Waals surface area (Å²) in [6, 6.07) is 18.5. The molecule has 6 heteroatoms. The maximum atomic E-state index is 14.3. The third-order valence-electron chi connectivity index (χ3n) is 7.33. The zero-order valence-electron chi connectivity index (χ0n) is 19.0. The van der Waals surface area contributed by atoms with Crippen LogP contribution in [0.1, 0.15) is 56.6 Å². The van der Waals surface area contributed by atoms with Gasteiger partial charge in [-0.2, -0.15) is 0 Å². The normalized spacial score (nSPS) is 16.3. The molecular formula is C27H28N4OS. The van der Waals surface area contributed by atoms with E-state index < -0.39 is 0 Å². The summed E-state index contributed by atoms with van der Waals surface area (Å²) < 4.78 is 3.98. The smallest absolute Gasteiger partial charge is 0.263 e. The number of fused-ring (bicyclic) bond motifs is 6. The van der Waals surface area contributed by atoms with Crippen molar-refractivity contribution in [3.8, 4) is 16.9 Å². The number of benzene rings is 2. The maximum absolute atomic E-state index is 14.3. The zero-order valence-corrected chi connectivity index (χ0v) is 19.8. The van der Waals surface area contributed by atoms with E-state index in [1.165, 1.54) is 18.4 Å². The summed E-state index contributed by atoms with van der Waals surface area (Å²) in [5, 5.41) is 10.1. The monoisotopic (exact) mass is 456 g/mol. The summed E-state index contributed by atoms with van der Waals surface area (Å²) in [7, 11) is 0. The maximum Gasteiger partial charge on any atom is 0.263 e. The van der Waals surface area contributed by atoms with Gasteiger partial charge in [-0.1, -0.05) is 80.4 Å². The van der Waals surface area contributed by atoms with Crippen molar-refractivity contribution >= 4 is 17.5 Å². The molecule has 1 saturated carbocycles. The molecule has 2 aromatic heterocycles. The minimum Gasteiger partial charge on any atom is -0.268 e. The van der Waals surface area contributed by atoms with Crippen molar-refractivity contribution in [2.75, 3.05) is 5.75 Å². The van der Waals surface area contributed by atoms with Crippen LogP contribution in [0.2, 0.25) is 0 Å². The lowest BCUT2D eigenvalue weighted by molar-refractivity contribution is 0.424. The van der Waals surface area contributed by atoms with E-state index in [9.17, 15) is 4.79 Å². The average Bonchev–Trinajstić information content (AvgIpc) is 3.47. The van der Waals surface area contributed by atoms with Gasteiger partial charge in [0.05, 0.1) is 11.4 Å². The summed E-state index contributed by atoms with van der Waals surface area (Å²) in [5.41, 5.74) is 5.29. The van der Waals surface area contributed by atoms with Gasteiger partial charge >= 0.3 is 0 Å². The minimum absolute atomic E-state index is 0.0672. The van der Waals surface area contributed by atoms with Crippen molar-refractivity contribution < 1.29 is 0 Å². The van der Waals surface area contributed by atoms with Gasteiger partial charge in [0.2, 0.25) is 5.78 Å². The molecule has 0 atom stereocenters. The number of nitrogens with zero attached hydrogens (tertiary/aromatic N) is 4. The third kappa shape index (κ3) is 3.18. The Labute approximate surface area is 197 Å². The molecule has 0 unspecified atom stereocenters. The summed E-state index contributed by atoms with van der Waals surface area (Å²) >= 11 is 1.74. The highest BCUT2D eigenvalue weighted by Gasteiger charge is 2.45. The fraction of sp³-hybridized carbons (Fsp3) is 0.370. The molecule has 1 fully saturated rings. The Morgan fingerprint density at radius 3 is 2.55 bits per heavy atom. The molecule has 33 heavy (non-hydrogen) atoms. The molecular weight excluding hydrogens is 428 g/mol. The van der Waals surface area contributed by atoms with Crippen LogP contribution in [-0.2, 0) is 11.8 Å². The molecule has 5 nitrogen and oxygen atoms in total. The second kappa shape index (κ2) is 8.17. The molecule has 6 rings (SSSR count). The first kappa shape index (κ1) is 20.7. The third-order valence-corrected chi connectivity index (χ3v) is 8.34. The fourth-order valence-electron chi connectivity index (χ4n) is 5.80. The van der Waals surface area contributed by atoms with Crippen molar-refractivity contribution in [1.29, 1.82) is 0 Å². The SMILES string of the molecule is CCCCSc1nnc2n(-c3ccccc3)c(=O)c3c(n12)-c1ccccc1CC31CCCC1. The van der Waals surface area contributed by atoms with Crippen LogP contribution in [0.4, 0.5) is 0 Å². The standard InChI is InChI=1S/C27H28N4OS/c1-2-3-17-33-26-29-28-25-30(20-12-5-4-6-13-20)24(32)22-23(31(25)26)21-14-8-7-11-19(21)18-27(22)15-9-10-16-27/h4-8,11-14H,2-3,9-10,15-18H2,1H3. The number of unbranched alkanes of at least 4 members (excludes halogenated alkanes) is 1. The van der Waals surface area contributed by atoms with Crippen molar-refractivity contribution in [2.24, 2.45) is 0 Å². The van der Waals surface area contributed by atoms with E-state index in [2.05, 4.69) is 45.8 Å². The highest BCUT2D eigenvalue weighted by Crippen LogP contribution is 2.50. The lowest BCUT2D eigenvalue weighted by atomic mass is 9.68. The first-order valence-electron chi connectivity index (χ1n) is 12.0. The molecule has 0 amide bonds. The minimum atomic E-state index is -0.110. The lowest BCUT2D eigenvalue weighted by Crippen LogP contribution is -2.40. The van der Waals surface area contributed by atoms with Crippen LogP contribution in [0.5, 0.6) is 0 Å². The van der Waals surface area contributed by atoms with Crippen molar-refractivity contribution in [3.05, 3.63) is 76.1 Å². The van der Waals surface area contributed by atoms with Gasteiger partial charge in [0.15, 0.2) is 5.16 Å². The van der Waals surface area contributed by atoms with E-state index in [1.807, 2.05) is 30.3 Å². The fourth-order valence-corrected chi connectivity index (χ4v) is 6.82. The lowest BCUT2D eigenvalue weighted by Gasteiger charge is -2.37. The van der Waals surface area contributed by atoms with Crippen LogP contribution in [0.25, 0.3) is 22.7 Å². The summed E-state index contributed by atoms with van der Waals surface area (Å²) in [6.07, 6.45) is 7.67. The highest BCUT2D eigenvalue weighted by atomic mass is 32.2. The van der Waals surface area contributed by atoms with E-state index in [4.69, 9.17) is 0 Å². The van der Waals surface area contributed by atoms with Gasteiger partial charge in [-0.25, -0.2) is 4.57 Å². The van der Waals surface area contributed by atoms with E-state index in [1.54, 1.807) is 16.3 Å². The van der Waals surface area contributed by atoms with Crippen LogP contribution < -0.4 is 5.56 Å². The number of hydrogen-bond acceptors (Lipinski definition) is 4. The van der Waals surface area contributed by atoms with Crippen LogP contribution >= 0.6 is 11.8 Å². The number of rotatable bonds is 5. The van der Waals surface area contributed by atoms with E-state index in [-0.39, 0.29) is 11.0 Å². The van der Waals surface area contributed by atoms with E-state index >= 15 is 0 Å². The molecule has 0 saturated heterocycles. The second-order valence-electron chi connectivity index (χ2n) is 9.34. The van der Waals surface area contributed by atoms with Crippen LogP contribution in [0.3, 0.4) is 0 Å². The zero-order chi connectivity index (χ0) is 22.4.